The topological polar surface area (TPSA) is 80.2 Å². The van der Waals surface area contributed by atoms with Crippen LogP contribution in [-0.4, -0.2) is 41.3 Å². The number of benzene rings is 1. The van der Waals surface area contributed by atoms with E-state index < -0.39 is 0 Å². The molecule has 1 amide bonds. The van der Waals surface area contributed by atoms with E-state index in [1.54, 1.807) is 24.9 Å². The Labute approximate surface area is 167 Å². The number of carbonyl (C=O) groups excluding carboxylic acids is 1. The summed E-state index contributed by atoms with van der Waals surface area (Å²) in [6.45, 7) is 1.87. The van der Waals surface area contributed by atoms with Crippen molar-refractivity contribution >= 4 is 28.2 Å². The van der Waals surface area contributed by atoms with Gasteiger partial charge in [0.25, 0.3) is 5.91 Å². The normalized spacial score (nSPS) is 14.7. The Balaban J connectivity index is 1.36. The lowest BCUT2D eigenvalue weighted by atomic mass is 9.89. The number of nitrogens with zero attached hydrogens (tertiary/aromatic N) is 4. The van der Waals surface area contributed by atoms with Gasteiger partial charge in [-0.25, -0.2) is 4.98 Å². The van der Waals surface area contributed by atoms with Crippen molar-refractivity contribution in [3.63, 3.8) is 0 Å². The van der Waals surface area contributed by atoms with Crippen molar-refractivity contribution in [2.75, 3.05) is 30.4 Å². The van der Waals surface area contributed by atoms with Gasteiger partial charge in [0.05, 0.1) is 12.7 Å². The number of amides is 1. The fourth-order valence-corrected chi connectivity index (χ4v) is 3.88. The highest BCUT2D eigenvalue weighted by molar-refractivity contribution is 7.13. The quantitative estimate of drug-likeness (QED) is 0.711. The average Bonchev–Trinajstić information content (AvgIpc) is 3.27. The smallest absolute Gasteiger partial charge is 0.259 e. The van der Waals surface area contributed by atoms with Gasteiger partial charge in [-0.3, -0.25) is 10.1 Å². The molecule has 4 rings (SSSR count). The van der Waals surface area contributed by atoms with E-state index >= 15 is 0 Å². The summed E-state index contributed by atoms with van der Waals surface area (Å²) in [5.74, 6) is 2.11. The predicted molar refractivity (Wildman–Crippen MR) is 109 cm³/mol. The van der Waals surface area contributed by atoms with E-state index in [4.69, 9.17) is 4.74 Å². The van der Waals surface area contributed by atoms with Crippen molar-refractivity contribution in [2.24, 2.45) is 0 Å². The van der Waals surface area contributed by atoms with Gasteiger partial charge in [-0.1, -0.05) is 23.5 Å². The third-order valence-electron chi connectivity index (χ3n) is 4.97. The van der Waals surface area contributed by atoms with Gasteiger partial charge in [0.1, 0.15) is 17.1 Å². The summed E-state index contributed by atoms with van der Waals surface area (Å²) < 4.78 is 5.34. The number of anilines is 2. The summed E-state index contributed by atoms with van der Waals surface area (Å²) in [6, 6.07) is 12.0. The molecule has 0 radical (unpaired) electrons. The molecule has 0 atom stereocenters. The van der Waals surface area contributed by atoms with Crippen molar-refractivity contribution in [3.8, 4) is 5.75 Å². The number of aromatic nitrogens is 3. The van der Waals surface area contributed by atoms with Crippen molar-refractivity contribution in [2.45, 2.75) is 18.8 Å². The van der Waals surface area contributed by atoms with E-state index in [0.717, 1.165) is 37.5 Å². The molecule has 28 heavy (non-hydrogen) atoms. The van der Waals surface area contributed by atoms with Gasteiger partial charge in [0.15, 0.2) is 0 Å². The molecule has 0 saturated carbocycles. The predicted octanol–water partition coefficient (Wildman–Crippen LogP) is 3.58. The zero-order valence-electron chi connectivity index (χ0n) is 15.5. The Morgan fingerprint density at radius 2 is 2.11 bits per heavy atom. The zero-order valence-corrected chi connectivity index (χ0v) is 16.4. The second kappa shape index (κ2) is 8.35. The summed E-state index contributed by atoms with van der Waals surface area (Å²) in [6.07, 6.45) is 3.74. The van der Waals surface area contributed by atoms with Gasteiger partial charge in [0, 0.05) is 19.3 Å². The molecule has 144 valence electrons. The maximum Gasteiger partial charge on any atom is 0.259 e. The van der Waals surface area contributed by atoms with Gasteiger partial charge in [-0.2, -0.15) is 0 Å². The molecular weight excluding hydrogens is 374 g/mol. The van der Waals surface area contributed by atoms with E-state index in [-0.39, 0.29) is 5.91 Å². The largest absolute Gasteiger partial charge is 0.497 e. The van der Waals surface area contributed by atoms with Crippen LogP contribution in [0.5, 0.6) is 5.75 Å². The summed E-state index contributed by atoms with van der Waals surface area (Å²) in [5, 5.41) is 10.7. The Hall–Kier alpha value is -3.00. The summed E-state index contributed by atoms with van der Waals surface area (Å²) in [4.78, 5) is 19.0. The maximum absolute atomic E-state index is 12.2. The van der Waals surface area contributed by atoms with E-state index in [0.29, 0.717) is 16.6 Å². The number of piperidine rings is 1. The molecule has 0 spiro atoms. The Morgan fingerprint density at radius 1 is 1.25 bits per heavy atom. The van der Waals surface area contributed by atoms with Gasteiger partial charge in [-0.05, 0) is 48.6 Å². The number of pyridine rings is 1. The van der Waals surface area contributed by atoms with Crippen LogP contribution in [0.15, 0.2) is 48.1 Å². The maximum atomic E-state index is 12.2. The van der Waals surface area contributed by atoms with Gasteiger partial charge in [0.2, 0.25) is 5.13 Å². The van der Waals surface area contributed by atoms with Crippen molar-refractivity contribution < 1.29 is 9.53 Å². The standard InChI is InChI=1S/C20H21N5O2S/c1-27-17-4-2-3-15(11-17)14-7-9-25(10-8-14)18-6-5-16(12-21-18)19(26)23-20-24-22-13-28-20/h2-6,11-14H,7-10H2,1H3,(H,23,24,26). The second-order valence-corrected chi connectivity index (χ2v) is 7.47. The molecule has 2 aromatic heterocycles. The molecule has 1 aliphatic rings. The van der Waals surface area contributed by atoms with Crippen LogP contribution in [0.2, 0.25) is 0 Å². The number of ether oxygens (including phenoxy) is 1. The van der Waals surface area contributed by atoms with E-state index in [1.165, 1.54) is 16.9 Å². The Bertz CT molecular complexity index is 922. The zero-order chi connectivity index (χ0) is 19.3. The fourth-order valence-electron chi connectivity index (χ4n) is 3.44. The molecule has 0 unspecified atom stereocenters. The average molecular weight is 395 g/mol. The highest BCUT2D eigenvalue weighted by Gasteiger charge is 2.22. The summed E-state index contributed by atoms with van der Waals surface area (Å²) in [7, 11) is 1.70. The highest BCUT2D eigenvalue weighted by atomic mass is 32.1. The lowest BCUT2D eigenvalue weighted by Gasteiger charge is -2.33. The SMILES string of the molecule is COc1cccc(C2CCN(c3ccc(C(=O)Nc4nncs4)cn3)CC2)c1. The minimum Gasteiger partial charge on any atom is -0.497 e. The second-order valence-electron chi connectivity index (χ2n) is 6.64. The molecule has 3 heterocycles. The Kier molecular flexibility index (Phi) is 5.48. The molecule has 7 nitrogen and oxygen atoms in total. The first-order valence-electron chi connectivity index (χ1n) is 9.15. The third kappa shape index (κ3) is 4.12. The van der Waals surface area contributed by atoms with E-state index in [1.807, 2.05) is 18.2 Å². The first kappa shape index (κ1) is 18.4. The highest BCUT2D eigenvalue weighted by Crippen LogP contribution is 2.31. The van der Waals surface area contributed by atoms with Crippen LogP contribution in [0.1, 0.15) is 34.7 Å². The van der Waals surface area contributed by atoms with Crippen LogP contribution in [0, 0.1) is 0 Å². The van der Waals surface area contributed by atoms with Crippen LogP contribution in [0.4, 0.5) is 10.9 Å². The lowest BCUT2D eigenvalue weighted by molar-refractivity contribution is 0.102. The van der Waals surface area contributed by atoms with E-state index in [2.05, 4.69) is 37.5 Å². The monoisotopic (exact) mass is 395 g/mol. The van der Waals surface area contributed by atoms with Crippen LogP contribution < -0.4 is 15.0 Å². The molecule has 0 bridgehead atoms. The number of hydrogen-bond acceptors (Lipinski definition) is 7. The summed E-state index contributed by atoms with van der Waals surface area (Å²) in [5.41, 5.74) is 3.41. The minimum absolute atomic E-state index is 0.229. The molecule has 1 aromatic carbocycles. The molecule has 3 aromatic rings. The van der Waals surface area contributed by atoms with Crippen molar-refractivity contribution in [1.29, 1.82) is 0 Å². The number of hydrogen-bond donors (Lipinski definition) is 1. The van der Waals surface area contributed by atoms with Crippen LogP contribution >= 0.6 is 11.3 Å². The minimum atomic E-state index is -0.229. The fraction of sp³-hybridized carbons (Fsp3) is 0.300. The molecule has 1 saturated heterocycles. The molecule has 0 aliphatic carbocycles. The Morgan fingerprint density at radius 3 is 2.79 bits per heavy atom. The van der Waals surface area contributed by atoms with Crippen molar-refractivity contribution in [3.05, 3.63) is 59.2 Å². The number of nitrogens with one attached hydrogen (secondary N) is 1. The van der Waals surface area contributed by atoms with Crippen LogP contribution in [0.25, 0.3) is 0 Å². The van der Waals surface area contributed by atoms with Gasteiger partial charge in [-0.15, -0.1) is 10.2 Å². The number of rotatable bonds is 5. The molecule has 1 aliphatic heterocycles. The first-order valence-corrected chi connectivity index (χ1v) is 10.0. The molecular formula is C20H21N5O2S. The summed E-state index contributed by atoms with van der Waals surface area (Å²) >= 11 is 1.28. The lowest BCUT2D eigenvalue weighted by Crippen LogP contribution is -2.33. The first-order chi connectivity index (χ1) is 13.7. The van der Waals surface area contributed by atoms with Crippen LogP contribution in [0.3, 0.4) is 0 Å². The number of methoxy groups -OCH3 is 1. The van der Waals surface area contributed by atoms with Gasteiger partial charge < -0.3 is 9.64 Å². The van der Waals surface area contributed by atoms with Crippen LogP contribution in [-0.2, 0) is 0 Å². The molecule has 8 heteroatoms. The molecule has 1 fully saturated rings. The van der Waals surface area contributed by atoms with E-state index in [9.17, 15) is 4.79 Å². The number of carbonyl (C=O) groups is 1. The van der Waals surface area contributed by atoms with Crippen molar-refractivity contribution in [1.82, 2.24) is 15.2 Å². The van der Waals surface area contributed by atoms with Gasteiger partial charge >= 0.3 is 0 Å². The molecule has 1 N–H and O–H groups in total. The third-order valence-corrected chi connectivity index (χ3v) is 5.58.